The van der Waals surface area contributed by atoms with Gasteiger partial charge >= 0.3 is 0 Å². The van der Waals surface area contributed by atoms with Gasteiger partial charge in [-0.3, -0.25) is 4.79 Å². The van der Waals surface area contributed by atoms with Crippen molar-refractivity contribution in [2.24, 2.45) is 11.3 Å². The third-order valence-electron chi connectivity index (χ3n) is 6.41. The van der Waals surface area contributed by atoms with E-state index in [2.05, 4.69) is 26.1 Å². The van der Waals surface area contributed by atoms with Crippen molar-refractivity contribution in [2.75, 3.05) is 13.7 Å². The molecule has 2 aliphatic rings. The van der Waals surface area contributed by atoms with Crippen molar-refractivity contribution in [2.45, 2.75) is 52.7 Å². The van der Waals surface area contributed by atoms with Crippen molar-refractivity contribution in [3.63, 3.8) is 0 Å². The van der Waals surface area contributed by atoms with Gasteiger partial charge < -0.3 is 19.9 Å². The normalized spacial score (nSPS) is 21.9. The monoisotopic (exact) mass is 415 g/mol. The lowest BCUT2D eigenvalue weighted by atomic mass is 9.95. The number of carbonyl (C=O) groups excluding carboxylic acids is 1. The minimum absolute atomic E-state index is 0.00468. The van der Waals surface area contributed by atoms with Crippen LogP contribution in [0.15, 0.2) is 18.2 Å². The number of hydrogen-bond donors (Lipinski definition) is 2. The number of amides is 1. The molecule has 29 heavy (non-hydrogen) atoms. The van der Waals surface area contributed by atoms with Crippen molar-refractivity contribution in [1.82, 2.24) is 5.32 Å². The summed E-state index contributed by atoms with van der Waals surface area (Å²) in [6.45, 7) is 9.11. The van der Waals surface area contributed by atoms with Crippen LogP contribution in [0.1, 0.15) is 57.9 Å². The zero-order chi connectivity index (χ0) is 20.9. The van der Waals surface area contributed by atoms with Crippen LogP contribution in [0.25, 0.3) is 0 Å². The summed E-state index contributed by atoms with van der Waals surface area (Å²) in [5.74, 6) is 2.61. The molecule has 1 heterocycles. The fourth-order valence-corrected chi connectivity index (χ4v) is 5.90. The molecule has 1 aromatic heterocycles. The first kappa shape index (κ1) is 20.2. The molecule has 4 rings (SSSR count). The second-order valence-electron chi connectivity index (χ2n) is 8.81. The van der Waals surface area contributed by atoms with E-state index in [1.807, 2.05) is 12.1 Å². The average Bonchev–Trinajstić information content (AvgIpc) is 3.02. The van der Waals surface area contributed by atoms with Gasteiger partial charge in [0.15, 0.2) is 0 Å². The van der Waals surface area contributed by atoms with E-state index in [1.165, 1.54) is 16.0 Å². The number of rotatable bonds is 7. The number of nitrogens with one attached hydrogen (secondary N) is 1. The predicted octanol–water partition coefficient (Wildman–Crippen LogP) is 4.05. The summed E-state index contributed by atoms with van der Waals surface area (Å²) in [6, 6.07) is 5.50. The van der Waals surface area contributed by atoms with Gasteiger partial charge in [-0.15, -0.1) is 11.3 Å². The molecule has 156 valence electrons. The first-order chi connectivity index (χ1) is 13.7. The number of benzene rings is 1. The third-order valence-corrected chi connectivity index (χ3v) is 7.58. The lowest BCUT2D eigenvalue weighted by Gasteiger charge is -2.14. The number of carbonyl (C=O) groups is 1. The van der Waals surface area contributed by atoms with Crippen LogP contribution in [0.4, 0.5) is 0 Å². The Kier molecular flexibility index (Phi) is 5.11. The third kappa shape index (κ3) is 3.53. The van der Waals surface area contributed by atoms with Gasteiger partial charge in [-0.25, -0.2) is 0 Å². The van der Waals surface area contributed by atoms with Gasteiger partial charge in [0.05, 0.1) is 18.1 Å². The van der Waals surface area contributed by atoms with Crippen molar-refractivity contribution in [3.05, 3.63) is 44.6 Å². The summed E-state index contributed by atoms with van der Waals surface area (Å²) >= 11 is 1.63. The average molecular weight is 416 g/mol. The number of aryl methyl sites for hydroxylation is 1. The summed E-state index contributed by atoms with van der Waals surface area (Å²) in [5, 5.41) is 12.4. The first-order valence-electron chi connectivity index (χ1n) is 10.1. The van der Waals surface area contributed by atoms with E-state index in [4.69, 9.17) is 9.47 Å². The Hall–Kier alpha value is -2.05. The maximum absolute atomic E-state index is 12.9. The zero-order valence-corrected chi connectivity index (χ0v) is 18.5. The Labute approximate surface area is 176 Å². The number of aliphatic hydroxyl groups is 1. The predicted molar refractivity (Wildman–Crippen MR) is 114 cm³/mol. The molecule has 0 saturated heterocycles. The van der Waals surface area contributed by atoms with Crippen LogP contribution >= 0.6 is 11.3 Å². The topological polar surface area (TPSA) is 67.8 Å². The molecule has 2 N–H and O–H groups in total. The summed E-state index contributed by atoms with van der Waals surface area (Å²) < 4.78 is 11.0. The second-order valence-corrected chi connectivity index (χ2v) is 10.0. The van der Waals surface area contributed by atoms with E-state index >= 15 is 0 Å². The number of ether oxygens (including phenoxy) is 2. The molecule has 2 aliphatic carbocycles. The molecule has 0 spiro atoms. The van der Waals surface area contributed by atoms with Crippen LogP contribution in [-0.2, 0) is 13.0 Å². The summed E-state index contributed by atoms with van der Waals surface area (Å²) in [5.41, 5.74) is 3.98. The molecule has 1 aromatic carbocycles. The number of aliphatic hydroxyl groups excluding tert-OH is 1. The van der Waals surface area contributed by atoms with E-state index < -0.39 is 6.10 Å². The van der Waals surface area contributed by atoms with Crippen LogP contribution < -0.4 is 14.8 Å². The fraction of sp³-hybridized carbons (Fsp3) is 0.522. The van der Waals surface area contributed by atoms with E-state index in [0.717, 1.165) is 16.9 Å². The van der Waals surface area contributed by atoms with Crippen LogP contribution in [0.5, 0.6) is 11.5 Å². The molecule has 0 aliphatic heterocycles. The molecular weight excluding hydrogens is 386 g/mol. The van der Waals surface area contributed by atoms with Crippen LogP contribution in [0.2, 0.25) is 0 Å². The Balaban J connectivity index is 1.45. The summed E-state index contributed by atoms with van der Waals surface area (Å²) in [4.78, 5) is 15.1. The molecule has 1 fully saturated rings. The molecule has 5 nitrogen and oxygen atoms in total. The molecule has 2 aromatic rings. The lowest BCUT2D eigenvalue weighted by Crippen LogP contribution is -2.23. The maximum Gasteiger partial charge on any atom is 0.261 e. The molecule has 3 atom stereocenters. The molecule has 6 heteroatoms. The van der Waals surface area contributed by atoms with E-state index in [1.54, 1.807) is 31.4 Å². The SMILES string of the molecule is COc1cc(OC[C@@H](C)O)ccc1CNC(=O)c1sc(C)c2c1CC1[C@H]2C1(C)C. The van der Waals surface area contributed by atoms with Gasteiger partial charge in [0.1, 0.15) is 18.1 Å². The highest BCUT2D eigenvalue weighted by atomic mass is 32.1. The molecule has 1 amide bonds. The maximum atomic E-state index is 12.9. The second kappa shape index (κ2) is 7.33. The fourth-order valence-electron chi connectivity index (χ4n) is 4.75. The number of hydrogen-bond acceptors (Lipinski definition) is 5. The number of thiophene rings is 1. The van der Waals surface area contributed by atoms with Crippen LogP contribution in [0.3, 0.4) is 0 Å². The van der Waals surface area contributed by atoms with Gasteiger partial charge in [0.25, 0.3) is 5.91 Å². The minimum Gasteiger partial charge on any atom is -0.496 e. The van der Waals surface area contributed by atoms with Gasteiger partial charge in [0, 0.05) is 23.1 Å². The van der Waals surface area contributed by atoms with Crippen molar-refractivity contribution < 1.29 is 19.4 Å². The summed E-state index contributed by atoms with van der Waals surface area (Å²) in [7, 11) is 1.60. The van der Waals surface area contributed by atoms with Gasteiger partial charge in [-0.1, -0.05) is 13.8 Å². The van der Waals surface area contributed by atoms with E-state index in [0.29, 0.717) is 35.3 Å². The zero-order valence-electron chi connectivity index (χ0n) is 17.7. The highest BCUT2D eigenvalue weighted by Crippen LogP contribution is 2.71. The first-order valence-corrected chi connectivity index (χ1v) is 10.9. The van der Waals surface area contributed by atoms with Crippen molar-refractivity contribution in [3.8, 4) is 11.5 Å². The van der Waals surface area contributed by atoms with Gasteiger partial charge in [0.2, 0.25) is 0 Å². The van der Waals surface area contributed by atoms with Crippen LogP contribution in [-0.4, -0.2) is 30.8 Å². The van der Waals surface area contributed by atoms with Gasteiger partial charge in [-0.2, -0.15) is 0 Å². The molecule has 1 saturated carbocycles. The lowest BCUT2D eigenvalue weighted by molar-refractivity contribution is 0.0953. The van der Waals surface area contributed by atoms with Crippen LogP contribution in [0, 0.1) is 18.3 Å². The van der Waals surface area contributed by atoms with Gasteiger partial charge in [-0.05, 0) is 60.8 Å². The van der Waals surface area contributed by atoms with E-state index in [9.17, 15) is 9.90 Å². The van der Waals surface area contributed by atoms with E-state index in [-0.39, 0.29) is 12.5 Å². The largest absolute Gasteiger partial charge is 0.496 e. The quantitative estimate of drug-likeness (QED) is 0.716. The van der Waals surface area contributed by atoms with Crippen molar-refractivity contribution >= 4 is 17.2 Å². The molecular formula is C23H29NO4S. The highest BCUT2D eigenvalue weighted by Gasteiger charge is 2.63. The standard InChI is InChI=1S/C23H29NO4S/c1-12(25)11-28-15-7-6-14(18(8-15)27-5)10-24-22(26)21-16-9-17-20(23(17,3)4)19(16)13(2)29-21/h6-8,12,17,20,25H,9-11H2,1-5H3,(H,24,26)/t12-,17?,20-/m1/s1. The number of fused-ring (bicyclic) bond motifs is 3. The summed E-state index contributed by atoms with van der Waals surface area (Å²) in [6.07, 6.45) is 0.492. The number of methoxy groups -OCH3 is 1. The Morgan fingerprint density at radius 1 is 1.41 bits per heavy atom. The van der Waals surface area contributed by atoms with Crippen molar-refractivity contribution in [1.29, 1.82) is 0 Å². The Morgan fingerprint density at radius 3 is 2.86 bits per heavy atom. The molecule has 0 radical (unpaired) electrons. The highest BCUT2D eigenvalue weighted by molar-refractivity contribution is 7.14. The molecule has 0 bridgehead atoms. The Morgan fingerprint density at radius 2 is 2.17 bits per heavy atom. The smallest absolute Gasteiger partial charge is 0.261 e. The Bertz CT molecular complexity index is 947. The molecule has 1 unspecified atom stereocenters. The minimum atomic E-state index is -0.535.